The normalized spacial score (nSPS) is 11.5. The number of nitrogens with one attached hydrogen (secondary N) is 1. The Hall–Kier alpha value is -1.32. The van der Waals surface area contributed by atoms with Gasteiger partial charge in [-0.1, -0.05) is 12.1 Å². The first-order valence-electron chi connectivity index (χ1n) is 5.74. The number of H-pyrrole nitrogens is 1. The first-order valence-corrected chi connectivity index (χ1v) is 5.74. The van der Waals surface area contributed by atoms with Crippen LogP contribution in [0.5, 0.6) is 0 Å². The molecule has 0 spiro atoms. The van der Waals surface area contributed by atoms with Crippen LogP contribution in [0.3, 0.4) is 0 Å². The summed E-state index contributed by atoms with van der Waals surface area (Å²) >= 11 is 0. The molecule has 1 aromatic heterocycles. The molecule has 0 aliphatic heterocycles. The maximum Gasteiger partial charge on any atom is 0.0520 e. The van der Waals surface area contributed by atoms with Gasteiger partial charge in [0.05, 0.1) is 6.17 Å². The zero-order valence-corrected chi connectivity index (χ0v) is 9.66. The highest BCUT2D eigenvalue weighted by Gasteiger charge is 2.04. The lowest BCUT2D eigenvalue weighted by Gasteiger charge is -2.04. The molecular weight excluding hydrogens is 198 g/mol. The Morgan fingerprint density at radius 1 is 1.31 bits per heavy atom. The molecule has 0 atom stereocenters. The standard InChI is InChI=1S/C13H19N3/c1-9-5-6-11-10(3-2-4-13(14)15)8-16-12(11)7-9/h5-8,13,16H,2-4,14-15H2,1H3. The minimum Gasteiger partial charge on any atom is -0.361 e. The summed E-state index contributed by atoms with van der Waals surface area (Å²) in [5, 5.41) is 1.32. The predicted molar refractivity (Wildman–Crippen MR) is 68.1 cm³/mol. The Balaban J connectivity index is 2.13. The fourth-order valence-corrected chi connectivity index (χ4v) is 2.04. The minimum atomic E-state index is -0.188. The topological polar surface area (TPSA) is 67.8 Å². The van der Waals surface area contributed by atoms with Gasteiger partial charge in [0.25, 0.3) is 0 Å². The summed E-state index contributed by atoms with van der Waals surface area (Å²) in [5.41, 5.74) is 14.9. The molecule has 2 aromatic rings. The number of hydrogen-bond donors (Lipinski definition) is 3. The quantitative estimate of drug-likeness (QED) is 0.686. The number of aromatic amines is 1. The van der Waals surface area contributed by atoms with Crippen molar-refractivity contribution in [2.75, 3.05) is 0 Å². The van der Waals surface area contributed by atoms with Crippen LogP contribution in [-0.2, 0) is 6.42 Å². The van der Waals surface area contributed by atoms with E-state index in [0.717, 1.165) is 19.3 Å². The maximum atomic E-state index is 5.53. The van der Waals surface area contributed by atoms with Gasteiger partial charge in [-0.2, -0.15) is 0 Å². The minimum absolute atomic E-state index is 0.188. The fourth-order valence-electron chi connectivity index (χ4n) is 2.04. The number of benzene rings is 1. The van der Waals surface area contributed by atoms with Gasteiger partial charge in [-0.15, -0.1) is 0 Å². The number of fused-ring (bicyclic) bond motifs is 1. The first-order chi connectivity index (χ1) is 7.66. The Kier molecular flexibility index (Phi) is 3.27. The lowest BCUT2D eigenvalue weighted by Crippen LogP contribution is -2.30. The molecule has 86 valence electrons. The van der Waals surface area contributed by atoms with Gasteiger partial charge in [-0.3, -0.25) is 0 Å². The monoisotopic (exact) mass is 217 g/mol. The third-order valence-electron chi connectivity index (χ3n) is 2.91. The van der Waals surface area contributed by atoms with E-state index in [1.165, 1.54) is 22.0 Å². The molecule has 2 rings (SSSR count). The molecule has 0 bridgehead atoms. The van der Waals surface area contributed by atoms with Gasteiger partial charge in [0.1, 0.15) is 0 Å². The van der Waals surface area contributed by atoms with Gasteiger partial charge in [0.2, 0.25) is 0 Å². The van der Waals surface area contributed by atoms with Crippen molar-refractivity contribution in [2.24, 2.45) is 11.5 Å². The van der Waals surface area contributed by atoms with E-state index in [-0.39, 0.29) is 6.17 Å². The van der Waals surface area contributed by atoms with Crippen LogP contribution in [0.15, 0.2) is 24.4 Å². The van der Waals surface area contributed by atoms with Gasteiger partial charge in [-0.05, 0) is 43.4 Å². The Morgan fingerprint density at radius 3 is 2.88 bits per heavy atom. The van der Waals surface area contributed by atoms with Crippen LogP contribution < -0.4 is 11.5 Å². The van der Waals surface area contributed by atoms with E-state index in [1.807, 2.05) is 0 Å². The van der Waals surface area contributed by atoms with Crippen molar-refractivity contribution in [1.29, 1.82) is 0 Å². The third kappa shape index (κ3) is 2.43. The van der Waals surface area contributed by atoms with Crippen LogP contribution in [0.2, 0.25) is 0 Å². The highest BCUT2D eigenvalue weighted by atomic mass is 14.8. The van der Waals surface area contributed by atoms with Gasteiger partial charge in [0, 0.05) is 17.1 Å². The van der Waals surface area contributed by atoms with E-state index in [4.69, 9.17) is 11.5 Å². The SMILES string of the molecule is Cc1ccc2c(CCCC(N)N)c[nH]c2c1. The van der Waals surface area contributed by atoms with E-state index in [2.05, 4.69) is 36.3 Å². The molecule has 3 heteroatoms. The molecule has 16 heavy (non-hydrogen) atoms. The summed E-state index contributed by atoms with van der Waals surface area (Å²) in [6.45, 7) is 2.10. The molecule has 0 amide bonds. The van der Waals surface area contributed by atoms with Crippen molar-refractivity contribution in [2.45, 2.75) is 32.4 Å². The van der Waals surface area contributed by atoms with E-state index < -0.39 is 0 Å². The summed E-state index contributed by atoms with van der Waals surface area (Å²) in [7, 11) is 0. The highest BCUT2D eigenvalue weighted by Crippen LogP contribution is 2.20. The van der Waals surface area contributed by atoms with Gasteiger partial charge < -0.3 is 16.5 Å². The van der Waals surface area contributed by atoms with Crippen molar-refractivity contribution in [3.63, 3.8) is 0 Å². The summed E-state index contributed by atoms with van der Waals surface area (Å²) in [6, 6.07) is 6.50. The van der Waals surface area contributed by atoms with Crippen LogP contribution in [0, 0.1) is 6.92 Å². The van der Waals surface area contributed by atoms with Gasteiger partial charge >= 0.3 is 0 Å². The van der Waals surface area contributed by atoms with Crippen LogP contribution >= 0.6 is 0 Å². The molecule has 0 radical (unpaired) electrons. The van der Waals surface area contributed by atoms with Crippen molar-refractivity contribution < 1.29 is 0 Å². The Labute approximate surface area is 95.8 Å². The Bertz CT molecular complexity index is 471. The molecular formula is C13H19N3. The largest absolute Gasteiger partial charge is 0.361 e. The second-order valence-electron chi connectivity index (χ2n) is 4.42. The number of hydrogen-bond acceptors (Lipinski definition) is 2. The summed E-state index contributed by atoms with van der Waals surface area (Å²) < 4.78 is 0. The summed E-state index contributed by atoms with van der Waals surface area (Å²) in [5.74, 6) is 0. The predicted octanol–water partition coefficient (Wildman–Crippen LogP) is 2.04. The molecule has 0 unspecified atom stereocenters. The average molecular weight is 217 g/mol. The lowest BCUT2D eigenvalue weighted by molar-refractivity contribution is 0.603. The van der Waals surface area contributed by atoms with E-state index in [1.54, 1.807) is 0 Å². The van der Waals surface area contributed by atoms with Gasteiger partial charge in [0.15, 0.2) is 0 Å². The zero-order chi connectivity index (χ0) is 11.5. The maximum absolute atomic E-state index is 5.53. The molecule has 0 fully saturated rings. The van der Waals surface area contributed by atoms with E-state index in [9.17, 15) is 0 Å². The van der Waals surface area contributed by atoms with Crippen molar-refractivity contribution in [1.82, 2.24) is 4.98 Å². The third-order valence-corrected chi connectivity index (χ3v) is 2.91. The average Bonchev–Trinajstić information content (AvgIpc) is 2.60. The molecule has 1 heterocycles. The second kappa shape index (κ2) is 4.68. The van der Waals surface area contributed by atoms with Crippen LogP contribution in [-0.4, -0.2) is 11.1 Å². The zero-order valence-electron chi connectivity index (χ0n) is 9.66. The number of aryl methyl sites for hydroxylation is 2. The smallest absolute Gasteiger partial charge is 0.0520 e. The van der Waals surface area contributed by atoms with Gasteiger partial charge in [-0.25, -0.2) is 0 Å². The molecule has 0 saturated heterocycles. The number of nitrogens with two attached hydrogens (primary N) is 2. The van der Waals surface area contributed by atoms with E-state index in [0.29, 0.717) is 0 Å². The van der Waals surface area contributed by atoms with Crippen molar-refractivity contribution in [3.05, 3.63) is 35.5 Å². The second-order valence-corrected chi connectivity index (χ2v) is 4.42. The van der Waals surface area contributed by atoms with Crippen LogP contribution in [0.4, 0.5) is 0 Å². The number of rotatable bonds is 4. The summed E-state index contributed by atoms with van der Waals surface area (Å²) in [6.07, 6.45) is 4.85. The highest BCUT2D eigenvalue weighted by molar-refractivity contribution is 5.83. The fraction of sp³-hybridized carbons (Fsp3) is 0.385. The van der Waals surface area contributed by atoms with Crippen LogP contribution in [0.1, 0.15) is 24.0 Å². The lowest BCUT2D eigenvalue weighted by atomic mass is 10.1. The van der Waals surface area contributed by atoms with Crippen molar-refractivity contribution in [3.8, 4) is 0 Å². The van der Waals surface area contributed by atoms with E-state index >= 15 is 0 Å². The van der Waals surface area contributed by atoms with Crippen LogP contribution in [0.25, 0.3) is 10.9 Å². The molecule has 1 aromatic carbocycles. The molecule has 5 N–H and O–H groups in total. The molecule has 0 aliphatic carbocycles. The first kappa shape index (κ1) is 11.2. The van der Waals surface area contributed by atoms with Crippen molar-refractivity contribution >= 4 is 10.9 Å². The molecule has 0 saturated carbocycles. The molecule has 0 aliphatic rings. The number of aromatic nitrogens is 1. The summed E-state index contributed by atoms with van der Waals surface area (Å²) in [4.78, 5) is 3.30. The Morgan fingerprint density at radius 2 is 2.12 bits per heavy atom. The molecule has 3 nitrogen and oxygen atoms in total.